The normalized spacial score (nSPS) is 20.6. The Balaban J connectivity index is 0.00000243. The highest BCUT2D eigenvalue weighted by Gasteiger charge is 2.34. The number of halogens is 4. The molecule has 2 heterocycles. The Hall–Kier alpha value is -1.57. The van der Waals surface area contributed by atoms with Crippen molar-refractivity contribution in [3.8, 4) is 11.3 Å². The summed E-state index contributed by atoms with van der Waals surface area (Å²) in [6, 6.07) is 5.35. The van der Waals surface area contributed by atoms with Crippen LogP contribution < -0.4 is 5.73 Å². The molecule has 0 amide bonds. The molecule has 1 aromatic heterocycles. The van der Waals surface area contributed by atoms with Crippen LogP contribution in [0.2, 0.25) is 0 Å². The highest BCUT2D eigenvalue weighted by atomic mass is 35.5. The van der Waals surface area contributed by atoms with E-state index in [-0.39, 0.29) is 23.9 Å². The van der Waals surface area contributed by atoms with Crippen LogP contribution in [0.1, 0.15) is 31.4 Å². The number of nitrogens with two attached hydrogens (primary N) is 1. The van der Waals surface area contributed by atoms with Gasteiger partial charge < -0.3 is 5.73 Å². The Morgan fingerprint density at radius 2 is 1.92 bits per heavy atom. The standard InChI is InChI=1S/C18H23F3N4.ClH/c1-17(2)11-25(8-7-15(17)22)10-13-9-23-24-16(13)12-3-5-14(6-4-12)18(19,20)21;/h3-6,9,15H,7-8,10-11,22H2,1-2H3,(H,23,24);1H. The summed E-state index contributed by atoms with van der Waals surface area (Å²) in [5.74, 6) is 0. The fourth-order valence-electron chi connectivity index (χ4n) is 3.37. The first kappa shape index (κ1) is 20.7. The molecule has 8 heteroatoms. The van der Waals surface area contributed by atoms with E-state index in [4.69, 9.17) is 5.73 Å². The number of hydrogen-bond acceptors (Lipinski definition) is 3. The second-order valence-corrected chi connectivity index (χ2v) is 7.44. The third-order valence-electron chi connectivity index (χ3n) is 5.00. The van der Waals surface area contributed by atoms with Gasteiger partial charge in [0, 0.05) is 31.2 Å². The first-order valence-electron chi connectivity index (χ1n) is 8.34. The van der Waals surface area contributed by atoms with E-state index in [9.17, 15) is 13.2 Å². The lowest BCUT2D eigenvalue weighted by atomic mass is 9.79. The van der Waals surface area contributed by atoms with Gasteiger partial charge in [0.15, 0.2) is 0 Å². The molecule has 1 saturated heterocycles. The first-order chi connectivity index (χ1) is 11.7. The van der Waals surface area contributed by atoms with Crippen molar-refractivity contribution in [2.75, 3.05) is 13.1 Å². The lowest BCUT2D eigenvalue weighted by molar-refractivity contribution is -0.137. The molecule has 0 spiro atoms. The lowest BCUT2D eigenvalue weighted by Crippen LogP contribution is -2.52. The molecule has 3 N–H and O–H groups in total. The average Bonchev–Trinajstić information content (AvgIpc) is 2.98. The van der Waals surface area contributed by atoms with Crippen LogP contribution in [0.25, 0.3) is 11.3 Å². The van der Waals surface area contributed by atoms with E-state index in [1.807, 2.05) is 0 Å². The van der Waals surface area contributed by atoms with Gasteiger partial charge in [0.2, 0.25) is 0 Å². The molecule has 1 aromatic carbocycles. The van der Waals surface area contributed by atoms with E-state index >= 15 is 0 Å². The van der Waals surface area contributed by atoms with Gasteiger partial charge in [-0.25, -0.2) is 0 Å². The molecule has 2 aromatic rings. The second-order valence-electron chi connectivity index (χ2n) is 7.44. The Morgan fingerprint density at radius 1 is 1.27 bits per heavy atom. The Bertz CT molecular complexity index is 725. The van der Waals surface area contributed by atoms with Gasteiger partial charge in [0.05, 0.1) is 17.5 Å². The summed E-state index contributed by atoms with van der Waals surface area (Å²) in [6.45, 7) is 6.81. The number of aromatic amines is 1. The van der Waals surface area contributed by atoms with E-state index in [0.29, 0.717) is 12.1 Å². The number of likely N-dealkylation sites (tertiary alicyclic amines) is 1. The molecule has 3 rings (SSSR count). The van der Waals surface area contributed by atoms with Crippen LogP contribution in [0.4, 0.5) is 13.2 Å². The largest absolute Gasteiger partial charge is 0.416 e. The highest BCUT2D eigenvalue weighted by molar-refractivity contribution is 5.85. The maximum absolute atomic E-state index is 12.7. The van der Waals surface area contributed by atoms with Crippen molar-refractivity contribution in [1.29, 1.82) is 0 Å². The van der Waals surface area contributed by atoms with Gasteiger partial charge in [-0.2, -0.15) is 18.3 Å². The molecule has 1 aliphatic rings. The average molecular weight is 389 g/mol. The molecule has 26 heavy (non-hydrogen) atoms. The van der Waals surface area contributed by atoms with Gasteiger partial charge >= 0.3 is 6.18 Å². The fourth-order valence-corrected chi connectivity index (χ4v) is 3.37. The van der Waals surface area contributed by atoms with Crippen molar-refractivity contribution in [3.63, 3.8) is 0 Å². The summed E-state index contributed by atoms with van der Waals surface area (Å²) in [4.78, 5) is 2.32. The molecule has 0 aliphatic carbocycles. The number of nitrogens with zero attached hydrogens (tertiary/aromatic N) is 2. The number of aromatic nitrogens is 2. The summed E-state index contributed by atoms with van der Waals surface area (Å²) in [6.07, 6.45) is -1.65. The van der Waals surface area contributed by atoms with Gasteiger partial charge in [-0.3, -0.25) is 10.00 Å². The number of alkyl halides is 3. The van der Waals surface area contributed by atoms with E-state index < -0.39 is 11.7 Å². The van der Waals surface area contributed by atoms with E-state index in [1.165, 1.54) is 12.1 Å². The van der Waals surface area contributed by atoms with Crippen LogP contribution >= 0.6 is 12.4 Å². The van der Waals surface area contributed by atoms with Crippen LogP contribution in [-0.2, 0) is 12.7 Å². The van der Waals surface area contributed by atoms with Crippen molar-refractivity contribution in [2.24, 2.45) is 11.1 Å². The van der Waals surface area contributed by atoms with Crippen molar-refractivity contribution in [1.82, 2.24) is 15.1 Å². The summed E-state index contributed by atoms with van der Waals surface area (Å²) in [5.41, 5.74) is 8.02. The summed E-state index contributed by atoms with van der Waals surface area (Å²) in [5, 5.41) is 7.00. The number of benzene rings is 1. The minimum absolute atomic E-state index is 0. The molecule has 0 saturated carbocycles. The van der Waals surface area contributed by atoms with E-state index in [1.54, 1.807) is 6.20 Å². The Kier molecular flexibility index (Phi) is 6.05. The Morgan fingerprint density at radius 3 is 2.50 bits per heavy atom. The number of hydrogen-bond donors (Lipinski definition) is 2. The number of rotatable bonds is 3. The van der Waals surface area contributed by atoms with Crippen LogP contribution in [0.5, 0.6) is 0 Å². The number of H-pyrrole nitrogens is 1. The third-order valence-corrected chi connectivity index (χ3v) is 5.00. The summed E-state index contributed by atoms with van der Waals surface area (Å²) < 4.78 is 38.2. The van der Waals surface area contributed by atoms with Gasteiger partial charge in [-0.1, -0.05) is 26.0 Å². The third kappa shape index (κ3) is 4.39. The summed E-state index contributed by atoms with van der Waals surface area (Å²) in [7, 11) is 0. The van der Waals surface area contributed by atoms with E-state index in [0.717, 1.165) is 42.9 Å². The molecule has 0 radical (unpaired) electrons. The number of nitrogens with one attached hydrogen (secondary N) is 1. The van der Waals surface area contributed by atoms with Crippen LogP contribution in [-0.4, -0.2) is 34.2 Å². The molecule has 0 bridgehead atoms. The molecule has 144 valence electrons. The molecule has 1 fully saturated rings. The highest BCUT2D eigenvalue weighted by Crippen LogP contribution is 2.32. The van der Waals surface area contributed by atoms with Crippen molar-refractivity contribution >= 4 is 12.4 Å². The zero-order chi connectivity index (χ0) is 18.2. The number of piperidine rings is 1. The molecular weight excluding hydrogens is 365 g/mol. The predicted molar refractivity (Wildman–Crippen MR) is 97.9 cm³/mol. The molecule has 1 aliphatic heterocycles. The SMILES string of the molecule is CC1(C)CN(Cc2cn[nH]c2-c2ccc(C(F)(F)F)cc2)CCC1N.Cl. The van der Waals surface area contributed by atoms with Crippen LogP contribution in [0.15, 0.2) is 30.5 Å². The van der Waals surface area contributed by atoms with Gasteiger partial charge in [0.1, 0.15) is 0 Å². The zero-order valence-corrected chi connectivity index (χ0v) is 15.6. The van der Waals surface area contributed by atoms with Crippen molar-refractivity contribution in [2.45, 2.75) is 39.0 Å². The quantitative estimate of drug-likeness (QED) is 0.833. The predicted octanol–water partition coefficient (Wildman–Crippen LogP) is 4.08. The maximum Gasteiger partial charge on any atom is 0.416 e. The van der Waals surface area contributed by atoms with E-state index in [2.05, 4.69) is 28.9 Å². The summed E-state index contributed by atoms with van der Waals surface area (Å²) >= 11 is 0. The minimum atomic E-state index is -4.33. The minimum Gasteiger partial charge on any atom is -0.327 e. The molecule has 1 unspecified atom stereocenters. The maximum atomic E-state index is 12.7. The van der Waals surface area contributed by atoms with Crippen LogP contribution in [0, 0.1) is 5.41 Å². The fraction of sp³-hybridized carbons (Fsp3) is 0.500. The second kappa shape index (κ2) is 7.58. The topological polar surface area (TPSA) is 57.9 Å². The monoisotopic (exact) mass is 388 g/mol. The zero-order valence-electron chi connectivity index (χ0n) is 14.8. The lowest BCUT2D eigenvalue weighted by Gasteiger charge is -2.42. The first-order valence-corrected chi connectivity index (χ1v) is 8.34. The van der Waals surface area contributed by atoms with Gasteiger partial charge in [0.25, 0.3) is 0 Å². The van der Waals surface area contributed by atoms with Crippen molar-refractivity contribution in [3.05, 3.63) is 41.6 Å². The van der Waals surface area contributed by atoms with Crippen molar-refractivity contribution < 1.29 is 13.2 Å². The Labute approximate surface area is 157 Å². The van der Waals surface area contributed by atoms with Crippen LogP contribution in [0.3, 0.4) is 0 Å². The molecule has 4 nitrogen and oxygen atoms in total. The van der Waals surface area contributed by atoms with Gasteiger partial charge in [-0.05, 0) is 29.5 Å². The molecule has 1 atom stereocenters. The van der Waals surface area contributed by atoms with Gasteiger partial charge in [-0.15, -0.1) is 12.4 Å². The molecular formula is C18H24ClF3N4. The smallest absolute Gasteiger partial charge is 0.327 e.